The number of aromatic nitrogens is 2. The van der Waals surface area contributed by atoms with E-state index in [0.29, 0.717) is 6.04 Å². The van der Waals surface area contributed by atoms with Crippen molar-refractivity contribution in [2.45, 2.75) is 39.2 Å². The fourth-order valence-corrected chi connectivity index (χ4v) is 2.37. The minimum absolute atomic E-state index is 0.352. The smallest absolute Gasteiger partial charge is 0.0404 e. The molecule has 1 atom stereocenters. The Morgan fingerprint density at radius 3 is 2.80 bits per heavy atom. The SMILES string of the molecule is CCCNC(CCc1ccccn1)c1cnccc1C. The molecule has 0 amide bonds. The van der Waals surface area contributed by atoms with Gasteiger partial charge in [-0.3, -0.25) is 9.97 Å². The lowest BCUT2D eigenvalue weighted by Crippen LogP contribution is -2.23. The van der Waals surface area contributed by atoms with Crippen LogP contribution in [-0.2, 0) is 6.42 Å². The van der Waals surface area contributed by atoms with Crippen LogP contribution < -0.4 is 5.32 Å². The molecule has 0 aliphatic heterocycles. The highest BCUT2D eigenvalue weighted by atomic mass is 14.9. The molecular formula is C17H23N3. The van der Waals surface area contributed by atoms with E-state index in [1.807, 2.05) is 30.7 Å². The van der Waals surface area contributed by atoms with Gasteiger partial charge in [0.15, 0.2) is 0 Å². The number of nitrogens with zero attached hydrogens (tertiary/aromatic N) is 2. The van der Waals surface area contributed by atoms with Crippen molar-refractivity contribution in [2.24, 2.45) is 0 Å². The number of hydrogen-bond acceptors (Lipinski definition) is 3. The normalized spacial score (nSPS) is 12.3. The highest BCUT2D eigenvalue weighted by molar-refractivity contribution is 5.25. The molecule has 2 heterocycles. The molecule has 0 bridgehead atoms. The molecule has 20 heavy (non-hydrogen) atoms. The Hall–Kier alpha value is -1.74. The van der Waals surface area contributed by atoms with Crippen molar-refractivity contribution in [1.82, 2.24) is 15.3 Å². The molecule has 2 aromatic rings. The van der Waals surface area contributed by atoms with Crippen LogP contribution in [0.25, 0.3) is 0 Å². The van der Waals surface area contributed by atoms with Gasteiger partial charge in [-0.25, -0.2) is 0 Å². The van der Waals surface area contributed by atoms with E-state index in [0.717, 1.165) is 31.5 Å². The number of nitrogens with one attached hydrogen (secondary N) is 1. The summed E-state index contributed by atoms with van der Waals surface area (Å²) in [6.07, 6.45) is 8.87. The zero-order chi connectivity index (χ0) is 14.2. The van der Waals surface area contributed by atoms with Crippen LogP contribution in [0.3, 0.4) is 0 Å². The standard InChI is InChI=1S/C17H23N3/c1-3-10-20-17(16-13-18-12-9-14(16)2)8-7-15-6-4-5-11-19-15/h4-6,9,11-13,17,20H,3,7-8,10H2,1-2H3. The van der Waals surface area contributed by atoms with Crippen LogP contribution in [0.1, 0.15) is 42.6 Å². The molecular weight excluding hydrogens is 246 g/mol. The summed E-state index contributed by atoms with van der Waals surface area (Å²) in [5, 5.41) is 3.63. The Kier molecular flexibility index (Phi) is 5.69. The Balaban J connectivity index is 2.06. The van der Waals surface area contributed by atoms with Crippen molar-refractivity contribution < 1.29 is 0 Å². The molecule has 3 heteroatoms. The van der Waals surface area contributed by atoms with Crippen LogP contribution in [0.15, 0.2) is 42.9 Å². The van der Waals surface area contributed by atoms with Gasteiger partial charge in [0.2, 0.25) is 0 Å². The quantitative estimate of drug-likeness (QED) is 0.836. The van der Waals surface area contributed by atoms with Gasteiger partial charge in [0, 0.05) is 30.3 Å². The van der Waals surface area contributed by atoms with Gasteiger partial charge in [0.1, 0.15) is 0 Å². The number of rotatable bonds is 7. The minimum Gasteiger partial charge on any atom is -0.310 e. The molecule has 2 rings (SSSR count). The van der Waals surface area contributed by atoms with E-state index in [1.54, 1.807) is 0 Å². The van der Waals surface area contributed by atoms with Gasteiger partial charge in [0.05, 0.1) is 0 Å². The maximum atomic E-state index is 4.40. The Labute approximate surface area is 121 Å². The lowest BCUT2D eigenvalue weighted by Gasteiger charge is -2.20. The summed E-state index contributed by atoms with van der Waals surface area (Å²) in [6.45, 7) is 5.37. The summed E-state index contributed by atoms with van der Waals surface area (Å²) in [4.78, 5) is 8.68. The Morgan fingerprint density at radius 1 is 1.20 bits per heavy atom. The fourth-order valence-electron chi connectivity index (χ4n) is 2.37. The Morgan fingerprint density at radius 2 is 2.10 bits per heavy atom. The summed E-state index contributed by atoms with van der Waals surface area (Å²) in [6, 6.07) is 8.53. The summed E-state index contributed by atoms with van der Waals surface area (Å²) in [5.41, 5.74) is 3.75. The topological polar surface area (TPSA) is 37.8 Å². The van der Waals surface area contributed by atoms with Gasteiger partial charge in [-0.15, -0.1) is 0 Å². The maximum Gasteiger partial charge on any atom is 0.0404 e. The molecule has 0 aliphatic rings. The molecule has 0 saturated heterocycles. The Bertz CT molecular complexity index is 511. The van der Waals surface area contributed by atoms with Crippen LogP contribution in [0.2, 0.25) is 0 Å². The average molecular weight is 269 g/mol. The zero-order valence-electron chi connectivity index (χ0n) is 12.3. The first-order valence-electron chi connectivity index (χ1n) is 7.35. The van der Waals surface area contributed by atoms with Crippen LogP contribution >= 0.6 is 0 Å². The third-order valence-corrected chi connectivity index (χ3v) is 3.51. The molecule has 0 aromatic carbocycles. The van der Waals surface area contributed by atoms with E-state index in [-0.39, 0.29) is 0 Å². The molecule has 0 aliphatic carbocycles. The molecule has 1 N–H and O–H groups in total. The number of pyridine rings is 2. The van der Waals surface area contributed by atoms with E-state index < -0.39 is 0 Å². The first kappa shape index (κ1) is 14.7. The van der Waals surface area contributed by atoms with Gasteiger partial charge in [0.25, 0.3) is 0 Å². The lowest BCUT2D eigenvalue weighted by molar-refractivity contribution is 0.494. The monoisotopic (exact) mass is 269 g/mol. The predicted molar refractivity (Wildman–Crippen MR) is 82.6 cm³/mol. The van der Waals surface area contributed by atoms with Gasteiger partial charge in [-0.2, -0.15) is 0 Å². The number of hydrogen-bond donors (Lipinski definition) is 1. The zero-order valence-corrected chi connectivity index (χ0v) is 12.3. The second kappa shape index (κ2) is 7.75. The second-order valence-corrected chi connectivity index (χ2v) is 5.10. The molecule has 0 radical (unpaired) electrons. The van der Waals surface area contributed by atoms with E-state index in [9.17, 15) is 0 Å². The first-order valence-corrected chi connectivity index (χ1v) is 7.35. The molecule has 0 spiro atoms. The third kappa shape index (κ3) is 4.14. The van der Waals surface area contributed by atoms with Crippen molar-refractivity contribution >= 4 is 0 Å². The van der Waals surface area contributed by atoms with Gasteiger partial charge in [-0.05, 0) is 62.1 Å². The fraction of sp³-hybridized carbons (Fsp3) is 0.412. The van der Waals surface area contributed by atoms with Crippen molar-refractivity contribution in [3.63, 3.8) is 0 Å². The van der Waals surface area contributed by atoms with E-state index >= 15 is 0 Å². The van der Waals surface area contributed by atoms with E-state index in [4.69, 9.17) is 0 Å². The van der Waals surface area contributed by atoms with Crippen molar-refractivity contribution in [1.29, 1.82) is 0 Å². The molecule has 106 valence electrons. The summed E-state index contributed by atoms with van der Waals surface area (Å²) in [7, 11) is 0. The highest BCUT2D eigenvalue weighted by Gasteiger charge is 2.13. The van der Waals surface area contributed by atoms with Crippen molar-refractivity contribution in [3.05, 3.63) is 59.7 Å². The predicted octanol–water partition coefficient (Wildman–Crippen LogP) is 3.46. The molecule has 2 aromatic heterocycles. The van der Waals surface area contributed by atoms with Crippen LogP contribution in [0, 0.1) is 6.92 Å². The van der Waals surface area contributed by atoms with E-state index in [1.165, 1.54) is 11.1 Å². The highest BCUT2D eigenvalue weighted by Crippen LogP contribution is 2.21. The first-order chi connectivity index (χ1) is 9.81. The van der Waals surface area contributed by atoms with E-state index in [2.05, 4.69) is 41.3 Å². The molecule has 0 saturated carbocycles. The van der Waals surface area contributed by atoms with Crippen LogP contribution in [0.5, 0.6) is 0 Å². The van der Waals surface area contributed by atoms with Crippen molar-refractivity contribution in [2.75, 3.05) is 6.54 Å². The summed E-state index contributed by atoms with van der Waals surface area (Å²) >= 11 is 0. The van der Waals surface area contributed by atoms with Gasteiger partial charge in [-0.1, -0.05) is 13.0 Å². The van der Waals surface area contributed by atoms with Gasteiger partial charge < -0.3 is 5.32 Å². The minimum atomic E-state index is 0.352. The van der Waals surface area contributed by atoms with Gasteiger partial charge >= 0.3 is 0 Å². The van der Waals surface area contributed by atoms with Crippen LogP contribution in [0.4, 0.5) is 0 Å². The largest absolute Gasteiger partial charge is 0.310 e. The maximum absolute atomic E-state index is 4.40. The second-order valence-electron chi connectivity index (χ2n) is 5.10. The average Bonchev–Trinajstić information content (AvgIpc) is 2.49. The third-order valence-electron chi connectivity index (χ3n) is 3.51. The lowest BCUT2D eigenvalue weighted by atomic mass is 9.98. The molecule has 0 fully saturated rings. The number of aryl methyl sites for hydroxylation is 2. The molecule has 1 unspecified atom stereocenters. The molecule has 3 nitrogen and oxygen atoms in total. The van der Waals surface area contributed by atoms with Crippen molar-refractivity contribution in [3.8, 4) is 0 Å². The summed E-state index contributed by atoms with van der Waals surface area (Å²) in [5.74, 6) is 0. The van der Waals surface area contributed by atoms with Crippen LogP contribution in [-0.4, -0.2) is 16.5 Å². The summed E-state index contributed by atoms with van der Waals surface area (Å²) < 4.78 is 0.